The monoisotopic (exact) mass is 381 g/mol. The molecule has 114 valence electrons. The van der Waals surface area contributed by atoms with Crippen LogP contribution < -0.4 is 0 Å². The van der Waals surface area contributed by atoms with Crippen molar-refractivity contribution < 1.29 is 25.3 Å². The summed E-state index contributed by atoms with van der Waals surface area (Å²) in [5, 5.41) is -3.17. The minimum Gasteiger partial charge on any atom is -0.224 e. The maximum atomic E-state index is 11.6. The van der Waals surface area contributed by atoms with Crippen LogP contribution in [0, 0.1) is 0 Å². The lowest BCUT2D eigenvalue weighted by Gasteiger charge is -2.11. The summed E-state index contributed by atoms with van der Waals surface area (Å²) in [6, 6.07) is 0. The quantitative estimate of drug-likeness (QED) is 0.752. The molecule has 0 unspecified atom stereocenters. The van der Waals surface area contributed by atoms with Crippen molar-refractivity contribution >= 4 is 52.7 Å². The molecule has 1 heterocycles. The standard InChI is InChI=1S/C8H9Cl2NO6S3/c1-18(12,13)6-4(9)7(19(2,14)15)11-8(5(6)10)20(3,16)17/h1-3H3. The maximum absolute atomic E-state index is 11.6. The van der Waals surface area contributed by atoms with Crippen molar-refractivity contribution in [1.82, 2.24) is 4.98 Å². The molecule has 0 bridgehead atoms. The Labute approximate surface area is 126 Å². The minimum atomic E-state index is -4.06. The molecule has 7 nitrogen and oxygen atoms in total. The van der Waals surface area contributed by atoms with E-state index in [2.05, 4.69) is 4.98 Å². The van der Waals surface area contributed by atoms with Gasteiger partial charge >= 0.3 is 0 Å². The van der Waals surface area contributed by atoms with E-state index < -0.39 is 54.5 Å². The number of hydrogen-bond donors (Lipinski definition) is 0. The molecule has 0 fully saturated rings. The van der Waals surface area contributed by atoms with Crippen LogP contribution in [0.2, 0.25) is 10.0 Å². The first kappa shape index (κ1) is 17.6. The summed E-state index contributed by atoms with van der Waals surface area (Å²) in [5.74, 6) is 0. The Hall–Kier alpha value is -0.420. The van der Waals surface area contributed by atoms with E-state index in [9.17, 15) is 25.3 Å². The van der Waals surface area contributed by atoms with Gasteiger partial charge in [-0.05, 0) is 0 Å². The van der Waals surface area contributed by atoms with Crippen LogP contribution in [0.25, 0.3) is 0 Å². The van der Waals surface area contributed by atoms with E-state index in [1.165, 1.54) is 0 Å². The predicted octanol–water partition coefficient (Wildman–Crippen LogP) is 0.599. The van der Waals surface area contributed by atoms with Gasteiger partial charge in [-0.2, -0.15) is 0 Å². The molecule has 0 amide bonds. The normalized spacial score (nSPS) is 13.4. The van der Waals surface area contributed by atoms with Gasteiger partial charge in [0.05, 0.1) is 10.0 Å². The molecule has 1 rings (SSSR count). The summed E-state index contributed by atoms with van der Waals surface area (Å²) in [6.45, 7) is 0. The van der Waals surface area contributed by atoms with E-state index in [0.29, 0.717) is 12.5 Å². The van der Waals surface area contributed by atoms with Crippen molar-refractivity contribution in [2.45, 2.75) is 14.9 Å². The van der Waals surface area contributed by atoms with Gasteiger partial charge in [-0.3, -0.25) is 0 Å². The van der Waals surface area contributed by atoms with E-state index in [4.69, 9.17) is 23.2 Å². The van der Waals surface area contributed by atoms with Gasteiger partial charge in [-0.25, -0.2) is 30.2 Å². The highest BCUT2D eigenvalue weighted by Crippen LogP contribution is 2.36. The average molecular weight is 382 g/mol. The Kier molecular flexibility index (Phi) is 4.49. The first-order valence-electron chi connectivity index (χ1n) is 4.66. The number of hydrogen-bond acceptors (Lipinski definition) is 7. The fourth-order valence-corrected chi connectivity index (χ4v) is 5.70. The molecule has 0 aliphatic heterocycles. The Morgan fingerprint density at radius 1 is 0.700 bits per heavy atom. The Balaban J connectivity index is 4.18. The van der Waals surface area contributed by atoms with Crippen LogP contribution in [0.4, 0.5) is 0 Å². The Bertz CT molecular complexity index is 830. The summed E-state index contributed by atoms with van der Waals surface area (Å²) < 4.78 is 69.5. The second kappa shape index (κ2) is 5.09. The zero-order valence-corrected chi connectivity index (χ0v) is 14.3. The summed E-state index contributed by atoms with van der Waals surface area (Å²) in [7, 11) is -12.2. The number of pyridine rings is 1. The molecule has 0 aliphatic carbocycles. The van der Waals surface area contributed by atoms with E-state index in [1.54, 1.807) is 0 Å². The molecule has 0 atom stereocenters. The maximum Gasteiger partial charge on any atom is 0.194 e. The fourth-order valence-electron chi connectivity index (χ4n) is 1.30. The highest BCUT2D eigenvalue weighted by Gasteiger charge is 2.31. The van der Waals surface area contributed by atoms with Crippen LogP contribution in [-0.2, 0) is 29.5 Å². The molecular weight excluding hydrogens is 373 g/mol. The van der Waals surface area contributed by atoms with Crippen LogP contribution in [0.15, 0.2) is 14.9 Å². The van der Waals surface area contributed by atoms with E-state index in [1.807, 2.05) is 0 Å². The van der Waals surface area contributed by atoms with Crippen LogP contribution in [0.1, 0.15) is 0 Å². The number of aromatic nitrogens is 1. The first-order valence-corrected chi connectivity index (χ1v) is 11.1. The second-order valence-electron chi connectivity index (χ2n) is 4.00. The van der Waals surface area contributed by atoms with Gasteiger partial charge < -0.3 is 0 Å². The Morgan fingerprint density at radius 2 is 1.00 bits per heavy atom. The highest BCUT2D eigenvalue weighted by molar-refractivity contribution is 7.92. The number of rotatable bonds is 3. The summed E-state index contributed by atoms with van der Waals surface area (Å²) >= 11 is 11.4. The van der Waals surface area contributed by atoms with Crippen molar-refractivity contribution in [3.8, 4) is 0 Å². The zero-order valence-electron chi connectivity index (χ0n) is 10.4. The van der Waals surface area contributed by atoms with E-state index in [0.717, 1.165) is 6.26 Å². The zero-order chi connectivity index (χ0) is 16.1. The third-order valence-electron chi connectivity index (χ3n) is 2.05. The topological polar surface area (TPSA) is 115 Å². The molecule has 0 saturated heterocycles. The smallest absolute Gasteiger partial charge is 0.194 e. The molecule has 0 N–H and O–H groups in total. The molecule has 0 radical (unpaired) electrons. The predicted molar refractivity (Wildman–Crippen MR) is 73.6 cm³/mol. The van der Waals surface area contributed by atoms with Crippen LogP contribution >= 0.6 is 23.2 Å². The van der Waals surface area contributed by atoms with Crippen molar-refractivity contribution in [2.75, 3.05) is 18.8 Å². The second-order valence-corrected chi connectivity index (χ2v) is 10.6. The molecule has 0 saturated carbocycles. The third kappa shape index (κ3) is 3.42. The fraction of sp³-hybridized carbons (Fsp3) is 0.375. The van der Waals surface area contributed by atoms with Crippen molar-refractivity contribution in [3.63, 3.8) is 0 Å². The van der Waals surface area contributed by atoms with E-state index >= 15 is 0 Å². The van der Waals surface area contributed by atoms with Crippen molar-refractivity contribution in [3.05, 3.63) is 10.0 Å². The third-order valence-corrected chi connectivity index (χ3v) is 6.38. The summed E-state index contributed by atoms with van der Waals surface area (Å²) in [4.78, 5) is 2.60. The molecule has 1 aromatic rings. The van der Waals surface area contributed by atoms with Gasteiger partial charge in [-0.15, -0.1) is 0 Å². The summed E-state index contributed by atoms with van der Waals surface area (Å²) in [6.07, 6.45) is 2.15. The largest absolute Gasteiger partial charge is 0.224 e. The Morgan fingerprint density at radius 3 is 1.20 bits per heavy atom. The SMILES string of the molecule is CS(=O)(=O)c1nc(S(C)(=O)=O)c(Cl)c(S(C)(=O)=O)c1Cl. The van der Waals surface area contributed by atoms with Crippen molar-refractivity contribution in [1.29, 1.82) is 0 Å². The molecule has 12 heteroatoms. The lowest BCUT2D eigenvalue weighted by molar-refractivity contribution is 0.589. The van der Waals surface area contributed by atoms with Crippen molar-refractivity contribution in [2.24, 2.45) is 0 Å². The number of halogens is 2. The van der Waals surface area contributed by atoms with Gasteiger partial charge in [0.1, 0.15) is 4.90 Å². The molecule has 0 spiro atoms. The molecule has 1 aromatic heterocycles. The molecule has 20 heavy (non-hydrogen) atoms. The summed E-state index contributed by atoms with van der Waals surface area (Å²) in [5.41, 5.74) is 0. The minimum absolute atomic E-state index is 0.716. The molecule has 0 aliphatic rings. The highest BCUT2D eigenvalue weighted by atomic mass is 35.5. The van der Waals surface area contributed by atoms with Gasteiger partial charge in [0.25, 0.3) is 0 Å². The lowest BCUT2D eigenvalue weighted by Crippen LogP contribution is -2.13. The van der Waals surface area contributed by atoms with Crippen LogP contribution in [0.3, 0.4) is 0 Å². The number of sulfone groups is 3. The average Bonchev–Trinajstić information content (AvgIpc) is 2.10. The first-order chi connectivity index (χ1) is 8.67. The van der Waals surface area contributed by atoms with Gasteiger partial charge in [-0.1, -0.05) is 23.2 Å². The van der Waals surface area contributed by atoms with Gasteiger partial charge in [0.15, 0.2) is 39.6 Å². The molecular formula is C8H9Cl2NO6S3. The lowest BCUT2D eigenvalue weighted by atomic mass is 10.5. The van der Waals surface area contributed by atoms with Gasteiger partial charge in [0.2, 0.25) is 0 Å². The van der Waals surface area contributed by atoms with E-state index in [-0.39, 0.29) is 0 Å². The number of nitrogens with zero attached hydrogens (tertiary/aromatic N) is 1. The molecule has 0 aromatic carbocycles. The van der Waals surface area contributed by atoms with Crippen LogP contribution in [-0.4, -0.2) is 49.0 Å². The van der Waals surface area contributed by atoms with Crippen LogP contribution in [0.5, 0.6) is 0 Å². The van der Waals surface area contributed by atoms with Gasteiger partial charge in [0, 0.05) is 18.8 Å².